The van der Waals surface area contributed by atoms with Crippen LogP contribution in [0.25, 0.3) is 0 Å². The van der Waals surface area contributed by atoms with Gasteiger partial charge in [-0.3, -0.25) is 5.14 Å². The first kappa shape index (κ1) is 7.79. The fourth-order valence-corrected chi connectivity index (χ4v) is 0.523. The van der Waals surface area contributed by atoms with Crippen LogP contribution < -0.4 is 5.14 Å². The largest absolute Gasteiger partial charge is 0.278 e. The first-order valence-corrected chi connectivity index (χ1v) is 3.56. The van der Waals surface area contributed by atoms with Crippen molar-refractivity contribution < 1.29 is 0 Å². The van der Waals surface area contributed by atoms with Gasteiger partial charge >= 0.3 is 0 Å². The number of hydrogen-bond donors (Lipinski definition) is 1. The minimum absolute atomic E-state index is 0.893. The van der Waals surface area contributed by atoms with Gasteiger partial charge in [0.05, 0.1) is 0 Å². The third-order valence-corrected chi connectivity index (χ3v) is 1.02. The molecule has 0 amide bonds. The second-order valence-electron chi connectivity index (χ2n) is 1.29. The highest BCUT2D eigenvalue weighted by atomic mass is 32.2. The molecule has 0 aliphatic carbocycles. The van der Waals surface area contributed by atoms with Gasteiger partial charge in [0.15, 0.2) is 0 Å². The Morgan fingerprint density at radius 2 is 2.25 bits per heavy atom. The summed E-state index contributed by atoms with van der Waals surface area (Å²) in [5, 5.41) is 5.15. The van der Waals surface area contributed by atoms with Crippen LogP contribution in [0, 0.1) is 0 Å². The van der Waals surface area contributed by atoms with Gasteiger partial charge in [-0.15, -0.1) is 0 Å². The van der Waals surface area contributed by atoms with E-state index in [0.717, 1.165) is 5.75 Å². The third-order valence-electron chi connectivity index (χ3n) is 0.632. The van der Waals surface area contributed by atoms with Gasteiger partial charge in [0, 0.05) is 5.75 Å². The maximum absolute atomic E-state index is 5.15. The molecule has 0 aromatic rings. The van der Waals surface area contributed by atoms with Crippen LogP contribution in [-0.4, -0.2) is 5.75 Å². The number of hydrogen-bond acceptors (Lipinski definition) is 2. The minimum Gasteiger partial charge on any atom is -0.278 e. The molecule has 0 unspecified atom stereocenters. The molecule has 0 spiro atoms. The van der Waals surface area contributed by atoms with Gasteiger partial charge in [-0.1, -0.05) is 36.3 Å². The Bertz CT molecular complexity index is 86.5. The van der Waals surface area contributed by atoms with Crippen LogP contribution >= 0.6 is 11.9 Å². The van der Waals surface area contributed by atoms with Crippen molar-refractivity contribution in [3.8, 4) is 0 Å². The van der Waals surface area contributed by atoms with Gasteiger partial charge in [-0.2, -0.15) is 0 Å². The van der Waals surface area contributed by atoms with E-state index in [-0.39, 0.29) is 0 Å². The van der Waals surface area contributed by atoms with Crippen molar-refractivity contribution in [3.05, 3.63) is 24.3 Å². The molecule has 0 aliphatic rings. The lowest BCUT2D eigenvalue weighted by Crippen LogP contribution is -1.77. The van der Waals surface area contributed by atoms with Gasteiger partial charge < -0.3 is 0 Å². The van der Waals surface area contributed by atoms with Crippen molar-refractivity contribution in [1.82, 2.24) is 0 Å². The lowest BCUT2D eigenvalue weighted by atomic mass is 10.5. The quantitative estimate of drug-likeness (QED) is 0.464. The molecule has 0 bridgehead atoms. The maximum atomic E-state index is 5.15. The Labute approximate surface area is 54.8 Å². The van der Waals surface area contributed by atoms with Crippen molar-refractivity contribution in [2.45, 2.75) is 6.92 Å². The van der Waals surface area contributed by atoms with Crippen molar-refractivity contribution in [3.63, 3.8) is 0 Å². The van der Waals surface area contributed by atoms with E-state index < -0.39 is 0 Å². The summed E-state index contributed by atoms with van der Waals surface area (Å²) in [7, 11) is 0. The van der Waals surface area contributed by atoms with Crippen molar-refractivity contribution in [1.29, 1.82) is 0 Å². The number of allylic oxidation sites excluding steroid dienone is 3. The molecule has 0 aromatic carbocycles. The second-order valence-corrected chi connectivity index (χ2v) is 1.95. The van der Waals surface area contributed by atoms with E-state index in [0.29, 0.717) is 0 Å². The van der Waals surface area contributed by atoms with Crippen LogP contribution in [0.3, 0.4) is 0 Å². The fraction of sp³-hybridized carbons (Fsp3) is 0.333. The highest BCUT2D eigenvalue weighted by Crippen LogP contribution is 1.85. The average Bonchev–Trinajstić information content (AvgIpc) is 1.81. The topological polar surface area (TPSA) is 26.0 Å². The molecule has 0 rings (SSSR count). The zero-order chi connectivity index (χ0) is 6.24. The summed E-state index contributed by atoms with van der Waals surface area (Å²) < 4.78 is 0. The molecule has 0 heterocycles. The lowest BCUT2D eigenvalue weighted by molar-refractivity contribution is 1.69. The maximum Gasteiger partial charge on any atom is 0.0260 e. The molecule has 0 saturated carbocycles. The first-order chi connectivity index (χ1) is 3.91. The third kappa shape index (κ3) is 5.79. The van der Waals surface area contributed by atoms with Crippen LogP contribution in [0.15, 0.2) is 24.3 Å². The SMILES string of the molecule is C/C=C\C=C/CSN. The highest BCUT2D eigenvalue weighted by molar-refractivity contribution is 7.97. The predicted molar refractivity (Wildman–Crippen MR) is 40.6 cm³/mol. The summed E-state index contributed by atoms with van der Waals surface area (Å²) in [5.41, 5.74) is 0. The average molecular weight is 129 g/mol. The fourth-order valence-electron chi connectivity index (χ4n) is 0.301. The Kier molecular flexibility index (Phi) is 6.61. The Morgan fingerprint density at radius 3 is 2.75 bits per heavy atom. The molecule has 46 valence electrons. The van der Waals surface area contributed by atoms with Gasteiger partial charge in [0.25, 0.3) is 0 Å². The van der Waals surface area contributed by atoms with E-state index in [9.17, 15) is 0 Å². The first-order valence-electron chi connectivity index (χ1n) is 2.51. The Morgan fingerprint density at radius 1 is 1.50 bits per heavy atom. The van der Waals surface area contributed by atoms with Crippen LogP contribution in [0.1, 0.15) is 6.92 Å². The van der Waals surface area contributed by atoms with Gasteiger partial charge in [0.1, 0.15) is 0 Å². The van der Waals surface area contributed by atoms with E-state index >= 15 is 0 Å². The lowest BCUT2D eigenvalue weighted by Gasteiger charge is -1.78. The molecule has 0 radical (unpaired) electrons. The van der Waals surface area contributed by atoms with E-state index in [2.05, 4.69) is 0 Å². The Balaban J connectivity index is 3.07. The molecule has 0 aliphatic heterocycles. The molecule has 8 heavy (non-hydrogen) atoms. The van der Waals surface area contributed by atoms with Gasteiger partial charge in [-0.05, 0) is 6.92 Å². The van der Waals surface area contributed by atoms with Crippen LogP contribution in [0.2, 0.25) is 0 Å². The van der Waals surface area contributed by atoms with Gasteiger partial charge in [-0.25, -0.2) is 0 Å². The second kappa shape index (κ2) is 6.79. The van der Waals surface area contributed by atoms with Crippen LogP contribution in [0.4, 0.5) is 0 Å². The van der Waals surface area contributed by atoms with Crippen LogP contribution in [-0.2, 0) is 0 Å². The van der Waals surface area contributed by atoms with Crippen molar-refractivity contribution in [2.24, 2.45) is 5.14 Å². The molecular weight excluding hydrogens is 118 g/mol. The molecule has 2 heteroatoms. The molecule has 0 aromatic heterocycles. The van der Waals surface area contributed by atoms with Crippen molar-refractivity contribution in [2.75, 3.05) is 5.75 Å². The Hall–Kier alpha value is -0.210. The standard InChI is InChI=1S/C6H11NS/c1-2-3-4-5-6-8-7/h2-5H,6-7H2,1H3/b3-2-,5-4-. The summed E-state index contributed by atoms with van der Waals surface area (Å²) in [6.07, 6.45) is 7.97. The summed E-state index contributed by atoms with van der Waals surface area (Å²) in [6, 6.07) is 0. The smallest absolute Gasteiger partial charge is 0.0260 e. The molecular formula is C6H11NS. The van der Waals surface area contributed by atoms with Crippen LogP contribution in [0.5, 0.6) is 0 Å². The molecule has 0 atom stereocenters. The zero-order valence-electron chi connectivity index (χ0n) is 5.00. The molecule has 0 fully saturated rings. The van der Waals surface area contributed by atoms with E-state index in [1.54, 1.807) is 0 Å². The minimum atomic E-state index is 0.893. The highest BCUT2D eigenvalue weighted by Gasteiger charge is 1.67. The van der Waals surface area contributed by atoms with Crippen molar-refractivity contribution >= 4 is 11.9 Å². The summed E-state index contributed by atoms with van der Waals surface area (Å²) in [6.45, 7) is 1.99. The normalized spacial score (nSPS) is 11.8. The summed E-state index contributed by atoms with van der Waals surface area (Å²) in [4.78, 5) is 0. The van der Waals surface area contributed by atoms with Gasteiger partial charge in [0.2, 0.25) is 0 Å². The summed E-state index contributed by atoms with van der Waals surface area (Å²) >= 11 is 1.33. The number of rotatable bonds is 3. The predicted octanol–water partition coefficient (Wildman–Crippen LogP) is 1.73. The van der Waals surface area contributed by atoms with E-state index in [1.165, 1.54) is 11.9 Å². The zero-order valence-corrected chi connectivity index (χ0v) is 5.82. The number of nitrogens with two attached hydrogens (primary N) is 1. The monoisotopic (exact) mass is 129 g/mol. The van der Waals surface area contributed by atoms with E-state index in [4.69, 9.17) is 5.14 Å². The van der Waals surface area contributed by atoms with E-state index in [1.807, 2.05) is 31.2 Å². The summed E-state index contributed by atoms with van der Waals surface area (Å²) in [5.74, 6) is 0.893. The molecule has 1 nitrogen and oxygen atoms in total. The molecule has 0 saturated heterocycles. The molecule has 2 N–H and O–H groups in total.